The minimum Gasteiger partial charge on any atom is -0.497 e. The fourth-order valence-electron chi connectivity index (χ4n) is 2.95. The van der Waals surface area contributed by atoms with Crippen LogP contribution in [-0.4, -0.2) is 38.6 Å². The number of fused-ring (bicyclic) bond motifs is 1. The van der Waals surface area contributed by atoms with Gasteiger partial charge in [-0.1, -0.05) is 0 Å². The summed E-state index contributed by atoms with van der Waals surface area (Å²) < 4.78 is 28.2. The van der Waals surface area contributed by atoms with Crippen molar-refractivity contribution in [1.29, 1.82) is 0 Å². The minimum absolute atomic E-state index is 0.309. The summed E-state index contributed by atoms with van der Waals surface area (Å²) in [5.74, 6) is 2.71. The monoisotopic (exact) mass is 334 g/mol. The Balaban J connectivity index is 1.72. The highest BCUT2D eigenvalue weighted by Crippen LogP contribution is 2.25. The minimum atomic E-state index is -2.80. The number of rotatable bonds is 4. The van der Waals surface area contributed by atoms with Crippen molar-refractivity contribution in [2.24, 2.45) is 5.92 Å². The summed E-state index contributed by atoms with van der Waals surface area (Å²) in [5.41, 5.74) is 2.00. The van der Waals surface area contributed by atoms with Crippen LogP contribution in [0.3, 0.4) is 0 Å². The summed E-state index contributed by atoms with van der Waals surface area (Å²) in [6.07, 6.45) is 1.47. The van der Waals surface area contributed by atoms with Crippen LogP contribution in [0.25, 0.3) is 10.9 Å². The van der Waals surface area contributed by atoms with E-state index in [0.29, 0.717) is 17.4 Å². The van der Waals surface area contributed by atoms with Gasteiger partial charge in [-0.3, -0.25) is 0 Å². The summed E-state index contributed by atoms with van der Waals surface area (Å²) >= 11 is 0. The molecule has 1 aliphatic heterocycles. The molecule has 2 aromatic rings. The van der Waals surface area contributed by atoms with Crippen LogP contribution in [0.2, 0.25) is 0 Å². The van der Waals surface area contributed by atoms with Crippen LogP contribution in [0.5, 0.6) is 5.75 Å². The van der Waals surface area contributed by atoms with Gasteiger partial charge in [-0.15, -0.1) is 0 Å². The van der Waals surface area contributed by atoms with Gasteiger partial charge in [-0.25, -0.2) is 13.4 Å². The van der Waals surface area contributed by atoms with E-state index < -0.39 is 9.84 Å². The second kappa shape index (κ2) is 6.35. The first-order chi connectivity index (χ1) is 11.0. The van der Waals surface area contributed by atoms with E-state index in [1.807, 2.05) is 25.1 Å². The third kappa shape index (κ3) is 3.75. The van der Waals surface area contributed by atoms with Crippen molar-refractivity contribution in [3.8, 4) is 5.75 Å². The number of anilines is 1. The Kier molecular flexibility index (Phi) is 4.43. The third-order valence-corrected chi connectivity index (χ3v) is 6.16. The summed E-state index contributed by atoms with van der Waals surface area (Å²) in [6, 6.07) is 7.93. The first kappa shape index (κ1) is 16.1. The molecule has 0 bridgehead atoms. The molecule has 3 rings (SSSR count). The Hall–Kier alpha value is -1.82. The number of nitrogens with zero attached hydrogens (tertiary/aromatic N) is 1. The SMILES string of the molecule is COc1ccc2nc(NCC3CCS(=O)(=O)CC3)c(C)cc2c1. The van der Waals surface area contributed by atoms with E-state index in [-0.39, 0.29) is 0 Å². The van der Waals surface area contributed by atoms with E-state index >= 15 is 0 Å². The molecular formula is C17H22N2O3S. The van der Waals surface area contributed by atoms with Crippen molar-refractivity contribution in [2.45, 2.75) is 19.8 Å². The molecule has 1 aromatic carbocycles. The molecule has 1 aromatic heterocycles. The summed E-state index contributed by atoms with van der Waals surface area (Å²) in [5, 5.41) is 4.45. The lowest BCUT2D eigenvalue weighted by Gasteiger charge is -2.22. The molecular weight excluding hydrogens is 312 g/mol. The van der Waals surface area contributed by atoms with Gasteiger partial charge in [0.15, 0.2) is 0 Å². The Labute approximate surface area is 137 Å². The molecule has 23 heavy (non-hydrogen) atoms. The lowest BCUT2D eigenvalue weighted by atomic mass is 10.0. The van der Waals surface area contributed by atoms with Crippen molar-refractivity contribution in [3.05, 3.63) is 29.8 Å². The van der Waals surface area contributed by atoms with Crippen molar-refractivity contribution in [1.82, 2.24) is 4.98 Å². The number of sulfone groups is 1. The van der Waals surface area contributed by atoms with Gasteiger partial charge in [0.05, 0.1) is 24.1 Å². The molecule has 1 saturated heterocycles. The van der Waals surface area contributed by atoms with Gasteiger partial charge >= 0.3 is 0 Å². The van der Waals surface area contributed by atoms with Crippen molar-refractivity contribution in [2.75, 3.05) is 30.5 Å². The number of ether oxygens (including phenoxy) is 1. The van der Waals surface area contributed by atoms with Crippen LogP contribution in [0.1, 0.15) is 18.4 Å². The van der Waals surface area contributed by atoms with Gasteiger partial charge in [0, 0.05) is 11.9 Å². The summed E-state index contributed by atoms with van der Waals surface area (Å²) in [7, 11) is -1.14. The molecule has 1 N–H and O–H groups in total. The Morgan fingerprint density at radius 2 is 2.00 bits per heavy atom. The molecule has 124 valence electrons. The molecule has 1 aliphatic rings. The smallest absolute Gasteiger partial charge is 0.150 e. The van der Waals surface area contributed by atoms with Crippen LogP contribution in [0.4, 0.5) is 5.82 Å². The maximum atomic E-state index is 11.5. The number of nitrogens with one attached hydrogen (secondary N) is 1. The second-order valence-corrected chi connectivity index (χ2v) is 8.49. The lowest BCUT2D eigenvalue weighted by molar-refractivity contribution is 0.415. The molecule has 0 radical (unpaired) electrons. The quantitative estimate of drug-likeness (QED) is 0.931. The van der Waals surface area contributed by atoms with Crippen molar-refractivity contribution < 1.29 is 13.2 Å². The van der Waals surface area contributed by atoms with Crippen LogP contribution in [0, 0.1) is 12.8 Å². The van der Waals surface area contributed by atoms with E-state index in [4.69, 9.17) is 4.74 Å². The number of aryl methyl sites for hydroxylation is 1. The topological polar surface area (TPSA) is 68.3 Å². The van der Waals surface area contributed by atoms with Gasteiger partial charge in [-0.2, -0.15) is 0 Å². The molecule has 0 amide bonds. The first-order valence-corrected chi connectivity index (χ1v) is 9.69. The normalized spacial score (nSPS) is 18.0. The number of aromatic nitrogens is 1. The molecule has 5 nitrogen and oxygen atoms in total. The predicted molar refractivity (Wildman–Crippen MR) is 92.9 cm³/mol. The van der Waals surface area contributed by atoms with Crippen LogP contribution in [-0.2, 0) is 9.84 Å². The zero-order valence-corrected chi connectivity index (χ0v) is 14.3. The molecule has 2 heterocycles. The third-order valence-electron chi connectivity index (χ3n) is 4.44. The first-order valence-electron chi connectivity index (χ1n) is 7.86. The number of benzene rings is 1. The Morgan fingerprint density at radius 3 is 2.70 bits per heavy atom. The van der Waals surface area contributed by atoms with Gasteiger partial charge < -0.3 is 10.1 Å². The molecule has 6 heteroatoms. The Bertz CT molecular complexity index is 804. The molecule has 0 unspecified atom stereocenters. The van der Waals surface area contributed by atoms with Crippen molar-refractivity contribution >= 4 is 26.6 Å². The summed E-state index contributed by atoms with van der Waals surface area (Å²) in [4.78, 5) is 4.68. The fourth-order valence-corrected chi connectivity index (χ4v) is 4.54. The average Bonchev–Trinajstić information content (AvgIpc) is 2.53. The maximum absolute atomic E-state index is 11.5. The van der Waals surface area contributed by atoms with E-state index in [1.165, 1.54) is 0 Å². The highest BCUT2D eigenvalue weighted by molar-refractivity contribution is 7.91. The average molecular weight is 334 g/mol. The predicted octanol–water partition coefficient (Wildman–Crippen LogP) is 2.79. The van der Waals surface area contributed by atoms with E-state index in [9.17, 15) is 8.42 Å². The van der Waals surface area contributed by atoms with E-state index in [0.717, 1.165) is 47.4 Å². The molecule has 0 aliphatic carbocycles. The van der Waals surface area contributed by atoms with E-state index in [1.54, 1.807) is 7.11 Å². The number of hydrogen-bond acceptors (Lipinski definition) is 5. The highest BCUT2D eigenvalue weighted by Gasteiger charge is 2.23. The largest absolute Gasteiger partial charge is 0.497 e. The van der Waals surface area contributed by atoms with E-state index in [2.05, 4.69) is 16.4 Å². The highest BCUT2D eigenvalue weighted by atomic mass is 32.2. The molecule has 0 atom stereocenters. The van der Waals surface area contributed by atoms with Gasteiger partial charge in [-0.05, 0) is 55.5 Å². The molecule has 0 spiro atoms. The van der Waals surface area contributed by atoms with Crippen LogP contribution in [0.15, 0.2) is 24.3 Å². The fraction of sp³-hybridized carbons (Fsp3) is 0.471. The van der Waals surface area contributed by atoms with Gasteiger partial charge in [0.1, 0.15) is 21.4 Å². The zero-order valence-electron chi connectivity index (χ0n) is 13.5. The number of pyridine rings is 1. The zero-order chi connectivity index (χ0) is 16.4. The van der Waals surface area contributed by atoms with Crippen LogP contribution < -0.4 is 10.1 Å². The van der Waals surface area contributed by atoms with Gasteiger partial charge in [0.25, 0.3) is 0 Å². The van der Waals surface area contributed by atoms with Crippen molar-refractivity contribution in [3.63, 3.8) is 0 Å². The summed E-state index contributed by atoms with van der Waals surface area (Å²) in [6.45, 7) is 2.80. The Morgan fingerprint density at radius 1 is 1.26 bits per heavy atom. The molecule has 1 fully saturated rings. The molecule has 0 saturated carbocycles. The number of hydrogen-bond donors (Lipinski definition) is 1. The lowest BCUT2D eigenvalue weighted by Crippen LogP contribution is -2.27. The van der Waals surface area contributed by atoms with Gasteiger partial charge in [0.2, 0.25) is 0 Å². The standard InChI is InChI=1S/C17H22N2O3S/c1-12-9-14-10-15(22-2)3-4-16(14)19-17(12)18-11-13-5-7-23(20,21)8-6-13/h3-4,9-10,13H,5-8,11H2,1-2H3,(H,18,19). The van der Waals surface area contributed by atoms with Crippen LogP contribution >= 0.6 is 0 Å². The number of methoxy groups -OCH3 is 1. The second-order valence-electron chi connectivity index (χ2n) is 6.19. The maximum Gasteiger partial charge on any atom is 0.150 e.